The highest BCUT2D eigenvalue weighted by Gasteiger charge is 2.29. The van der Waals surface area contributed by atoms with Gasteiger partial charge >= 0.3 is 0 Å². The van der Waals surface area contributed by atoms with Gasteiger partial charge in [0.1, 0.15) is 5.78 Å². The fraction of sp³-hybridized carbons (Fsp3) is 0.929. The summed E-state index contributed by atoms with van der Waals surface area (Å²) in [5.74, 6) is 2.34. The lowest BCUT2D eigenvalue weighted by molar-refractivity contribution is -0.125. The van der Waals surface area contributed by atoms with E-state index in [-0.39, 0.29) is 0 Å². The molecule has 4 unspecified atom stereocenters. The molecule has 0 aromatic rings. The van der Waals surface area contributed by atoms with E-state index in [1.54, 1.807) is 0 Å². The second kappa shape index (κ2) is 6.39. The number of carbonyl (C=O) groups is 1. The van der Waals surface area contributed by atoms with Crippen molar-refractivity contribution in [3.8, 4) is 0 Å². The van der Waals surface area contributed by atoms with Crippen LogP contribution in [0.2, 0.25) is 0 Å². The van der Waals surface area contributed by atoms with Crippen LogP contribution in [0.1, 0.15) is 53.4 Å². The van der Waals surface area contributed by atoms with E-state index in [9.17, 15) is 4.79 Å². The lowest BCUT2D eigenvalue weighted by Gasteiger charge is -2.31. The van der Waals surface area contributed by atoms with Gasteiger partial charge in [0, 0.05) is 18.4 Å². The predicted octanol–water partition coefficient (Wildman–Crippen LogP) is 3.02. The average molecular weight is 225 g/mol. The minimum Gasteiger partial charge on any atom is -0.314 e. The first-order valence-corrected chi connectivity index (χ1v) is 6.80. The molecule has 2 nitrogen and oxygen atoms in total. The number of carbonyl (C=O) groups excluding carboxylic acids is 1. The van der Waals surface area contributed by atoms with Crippen molar-refractivity contribution in [1.29, 1.82) is 0 Å². The van der Waals surface area contributed by atoms with Crippen molar-refractivity contribution in [2.75, 3.05) is 6.54 Å². The number of nitrogens with one attached hydrogen (secondary N) is 1. The van der Waals surface area contributed by atoms with Gasteiger partial charge in [0.25, 0.3) is 0 Å². The lowest BCUT2D eigenvalue weighted by Crippen LogP contribution is -2.33. The zero-order chi connectivity index (χ0) is 12.1. The molecule has 0 saturated heterocycles. The third-order valence-electron chi connectivity index (χ3n) is 4.11. The molecule has 0 aliphatic heterocycles. The van der Waals surface area contributed by atoms with Crippen LogP contribution in [-0.2, 0) is 4.79 Å². The lowest BCUT2D eigenvalue weighted by atomic mass is 9.73. The van der Waals surface area contributed by atoms with E-state index in [1.807, 2.05) is 0 Å². The van der Waals surface area contributed by atoms with Gasteiger partial charge in [-0.15, -0.1) is 0 Å². The van der Waals surface area contributed by atoms with Crippen molar-refractivity contribution >= 4 is 5.78 Å². The molecule has 0 bridgehead atoms. The maximum absolute atomic E-state index is 12.1. The van der Waals surface area contributed by atoms with E-state index in [1.165, 1.54) is 6.42 Å². The zero-order valence-electron chi connectivity index (χ0n) is 11.3. The van der Waals surface area contributed by atoms with Crippen LogP contribution in [-0.4, -0.2) is 18.4 Å². The zero-order valence-corrected chi connectivity index (χ0v) is 11.3. The van der Waals surface area contributed by atoms with Crippen molar-refractivity contribution in [3.63, 3.8) is 0 Å². The molecule has 1 aliphatic rings. The molecule has 1 N–H and O–H groups in total. The quantitative estimate of drug-likeness (QED) is 0.779. The number of hydrogen-bond acceptors (Lipinski definition) is 2. The van der Waals surface area contributed by atoms with E-state index >= 15 is 0 Å². The normalized spacial score (nSPS) is 32.4. The third-order valence-corrected chi connectivity index (χ3v) is 4.11. The van der Waals surface area contributed by atoms with E-state index < -0.39 is 0 Å². The monoisotopic (exact) mass is 225 g/mol. The van der Waals surface area contributed by atoms with Gasteiger partial charge in [0.15, 0.2) is 0 Å². The fourth-order valence-corrected chi connectivity index (χ4v) is 2.73. The number of hydrogen-bond donors (Lipinski definition) is 1. The predicted molar refractivity (Wildman–Crippen MR) is 68.4 cm³/mol. The summed E-state index contributed by atoms with van der Waals surface area (Å²) in [7, 11) is 0. The molecule has 94 valence electrons. The van der Waals surface area contributed by atoms with Crippen LogP contribution in [0.4, 0.5) is 0 Å². The molecular formula is C14H27NO. The molecule has 16 heavy (non-hydrogen) atoms. The Hall–Kier alpha value is -0.370. The summed E-state index contributed by atoms with van der Waals surface area (Å²) in [6.45, 7) is 9.75. The third kappa shape index (κ3) is 3.89. The van der Waals surface area contributed by atoms with Crippen LogP contribution in [0.25, 0.3) is 0 Å². The number of Topliss-reactive ketones (excluding diaryl/α,β-unsaturated/α-hetero) is 1. The van der Waals surface area contributed by atoms with E-state index in [0.29, 0.717) is 24.2 Å². The Morgan fingerprint density at radius 1 is 1.31 bits per heavy atom. The minimum atomic E-state index is 0.340. The highest BCUT2D eigenvalue weighted by Crippen LogP contribution is 2.34. The summed E-state index contributed by atoms with van der Waals surface area (Å²) in [6.07, 6.45) is 4.16. The summed E-state index contributed by atoms with van der Waals surface area (Å²) in [4.78, 5) is 12.1. The molecule has 1 saturated carbocycles. The summed E-state index contributed by atoms with van der Waals surface area (Å²) in [6, 6.07) is 0.340. The second-order valence-electron chi connectivity index (χ2n) is 5.59. The smallest absolute Gasteiger partial charge is 0.137 e. The van der Waals surface area contributed by atoms with Crippen LogP contribution >= 0.6 is 0 Å². The molecule has 0 spiro atoms. The molecule has 0 amide bonds. The van der Waals surface area contributed by atoms with E-state index in [2.05, 4.69) is 33.0 Å². The molecule has 2 heteroatoms. The van der Waals surface area contributed by atoms with E-state index in [0.717, 1.165) is 31.2 Å². The van der Waals surface area contributed by atoms with Crippen molar-refractivity contribution < 1.29 is 4.79 Å². The Morgan fingerprint density at radius 3 is 2.56 bits per heavy atom. The Bertz CT molecular complexity index is 227. The topological polar surface area (TPSA) is 29.1 Å². The Kier molecular flexibility index (Phi) is 5.47. The van der Waals surface area contributed by atoms with Crippen molar-refractivity contribution in [2.45, 2.75) is 59.4 Å². The first kappa shape index (κ1) is 13.7. The molecule has 0 heterocycles. The van der Waals surface area contributed by atoms with Crippen LogP contribution in [0.3, 0.4) is 0 Å². The van der Waals surface area contributed by atoms with E-state index in [4.69, 9.17) is 0 Å². The maximum Gasteiger partial charge on any atom is 0.137 e. The van der Waals surface area contributed by atoms with Crippen LogP contribution in [0, 0.1) is 17.8 Å². The van der Waals surface area contributed by atoms with Gasteiger partial charge in [-0.2, -0.15) is 0 Å². The van der Waals surface area contributed by atoms with Gasteiger partial charge in [-0.05, 0) is 44.6 Å². The molecular weight excluding hydrogens is 198 g/mol. The van der Waals surface area contributed by atoms with Gasteiger partial charge < -0.3 is 5.32 Å². The Balaban J connectivity index is 2.37. The molecule has 1 aliphatic carbocycles. The van der Waals surface area contributed by atoms with Crippen molar-refractivity contribution in [1.82, 2.24) is 5.32 Å². The first-order chi connectivity index (χ1) is 7.54. The maximum atomic E-state index is 12.1. The summed E-state index contributed by atoms with van der Waals surface area (Å²) >= 11 is 0. The van der Waals surface area contributed by atoms with Crippen LogP contribution in [0.5, 0.6) is 0 Å². The molecule has 4 atom stereocenters. The van der Waals surface area contributed by atoms with Crippen LogP contribution < -0.4 is 5.32 Å². The van der Waals surface area contributed by atoms with Gasteiger partial charge in [0.2, 0.25) is 0 Å². The fourth-order valence-electron chi connectivity index (χ4n) is 2.73. The first-order valence-electron chi connectivity index (χ1n) is 6.80. The van der Waals surface area contributed by atoms with Gasteiger partial charge in [-0.1, -0.05) is 20.8 Å². The van der Waals surface area contributed by atoms with Crippen LogP contribution in [0.15, 0.2) is 0 Å². The number of rotatable bonds is 5. The molecule has 0 aromatic carbocycles. The summed E-state index contributed by atoms with van der Waals surface area (Å²) < 4.78 is 0. The van der Waals surface area contributed by atoms with Gasteiger partial charge in [0.05, 0.1) is 0 Å². The molecule has 1 fully saturated rings. The SMILES string of the molecule is CCNC(C)CC(=O)C1CCC(C)C(C)C1. The number of ketones is 1. The highest BCUT2D eigenvalue weighted by atomic mass is 16.1. The van der Waals surface area contributed by atoms with Crippen molar-refractivity contribution in [3.05, 3.63) is 0 Å². The average Bonchev–Trinajstić information content (AvgIpc) is 2.22. The van der Waals surface area contributed by atoms with Gasteiger partial charge in [-0.25, -0.2) is 0 Å². The van der Waals surface area contributed by atoms with Gasteiger partial charge in [-0.3, -0.25) is 4.79 Å². The molecule has 1 rings (SSSR count). The minimum absolute atomic E-state index is 0.340. The molecule has 0 radical (unpaired) electrons. The summed E-state index contributed by atoms with van der Waals surface area (Å²) in [5.41, 5.74) is 0. The summed E-state index contributed by atoms with van der Waals surface area (Å²) in [5, 5.41) is 3.31. The largest absolute Gasteiger partial charge is 0.314 e. The van der Waals surface area contributed by atoms with Crippen molar-refractivity contribution in [2.24, 2.45) is 17.8 Å². The molecule has 0 aromatic heterocycles. The highest BCUT2D eigenvalue weighted by molar-refractivity contribution is 5.81. The standard InChI is InChI=1S/C14H27NO/c1-5-15-12(4)9-14(16)13-7-6-10(2)11(3)8-13/h10-13,15H,5-9H2,1-4H3. The second-order valence-corrected chi connectivity index (χ2v) is 5.59. The Labute approximate surface area is 100 Å². The Morgan fingerprint density at radius 2 is 2.00 bits per heavy atom.